The van der Waals surface area contributed by atoms with E-state index in [1.807, 2.05) is 37.3 Å². The highest BCUT2D eigenvalue weighted by molar-refractivity contribution is 7.86. The maximum Gasteiger partial charge on any atom is 0.295 e. The summed E-state index contributed by atoms with van der Waals surface area (Å²) in [5.41, 5.74) is 2.13. The van der Waals surface area contributed by atoms with Crippen LogP contribution in [0.3, 0.4) is 0 Å². The lowest BCUT2D eigenvalue weighted by molar-refractivity contribution is 0.484. The van der Waals surface area contributed by atoms with Gasteiger partial charge in [0.1, 0.15) is 4.90 Å². The van der Waals surface area contributed by atoms with Gasteiger partial charge in [0, 0.05) is 5.39 Å². The predicted octanol–water partition coefficient (Wildman–Crippen LogP) is 5.01. The number of hydrogen-bond donors (Lipinski definition) is 1. The Morgan fingerprint density at radius 2 is 1.21 bits per heavy atom. The van der Waals surface area contributed by atoms with Crippen LogP contribution < -0.4 is 0 Å². The molecule has 0 bridgehead atoms. The van der Waals surface area contributed by atoms with Gasteiger partial charge in [0.2, 0.25) is 0 Å². The fourth-order valence-corrected chi connectivity index (χ4v) is 4.39. The Hall–Kier alpha value is -2.43. The quantitative estimate of drug-likeness (QED) is 0.302. The van der Waals surface area contributed by atoms with Crippen LogP contribution in [-0.2, 0) is 10.1 Å². The van der Waals surface area contributed by atoms with Crippen molar-refractivity contribution in [2.75, 3.05) is 0 Å². The molecule has 4 aromatic carbocycles. The highest BCUT2D eigenvalue weighted by Gasteiger charge is 2.19. The van der Waals surface area contributed by atoms with Crippen molar-refractivity contribution in [1.82, 2.24) is 0 Å². The molecule has 0 spiro atoms. The molecule has 4 rings (SSSR count). The van der Waals surface area contributed by atoms with Crippen LogP contribution in [0.5, 0.6) is 0 Å². The molecule has 0 saturated carbocycles. The van der Waals surface area contributed by atoms with Gasteiger partial charge in [0.05, 0.1) is 0 Å². The molecule has 0 radical (unpaired) electrons. The van der Waals surface area contributed by atoms with Crippen LogP contribution in [0, 0.1) is 13.8 Å². The molecule has 0 aromatic heterocycles. The zero-order valence-electron chi connectivity index (χ0n) is 13.4. The van der Waals surface area contributed by atoms with Crippen molar-refractivity contribution in [2.45, 2.75) is 18.7 Å². The summed E-state index contributed by atoms with van der Waals surface area (Å²) in [6.07, 6.45) is 0. The van der Waals surface area contributed by atoms with Gasteiger partial charge in [0.25, 0.3) is 10.1 Å². The number of benzene rings is 4. The summed E-state index contributed by atoms with van der Waals surface area (Å²) in [7, 11) is -4.30. The number of rotatable bonds is 1. The fourth-order valence-electron chi connectivity index (χ4n) is 3.67. The Morgan fingerprint density at radius 1 is 0.708 bits per heavy atom. The molecule has 0 aliphatic heterocycles. The van der Waals surface area contributed by atoms with Gasteiger partial charge in [-0.15, -0.1) is 0 Å². The van der Waals surface area contributed by atoms with Crippen molar-refractivity contribution in [3.8, 4) is 0 Å². The molecule has 1 N–H and O–H groups in total. The molecule has 0 atom stereocenters. The van der Waals surface area contributed by atoms with Crippen LogP contribution in [-0.4, -0.2) is 13.0 Å². The van der Waals surface area contributed by atoms with Crippen molar-refractivity contribution >= 4 is 42.4 Å². The van der Waals surface area contributed by atoms with Crippen molar-refractivity contribution < 1.29 is 13.0 Å². The van der Waals surface area contributed by atoms with Crippen LogP contribution in [0.4, 0.5) is 0 Å². The monoisotopic (exact) mass is 336 g/mol. The predicted molar refractivity (Wildman–Crippen MR) is 98.2 cm³/mol. The third kappa shape index (κ3) is 2.04. The van der Waals surface area contributed by atoms with Gasteiger partial charge < -0.3 is 0 Å². The Bertz CT molecular complexity index is 1240. The normalized spacial score (nSPS) is 12.3. The molecule has 0 fully saturated rings. The van der Waals surface area contributed by atoms with Crippen molar-refractivity contribution in [1.29, 1.82) is 0 Å². The average Bonchev–Trinajstić information content (AvgIpc) is 2.57. The maximum atomic E-state index is 11.9. The molecule has 0 unspecified atom stereocenters. The second kappa shape index (κ2) is 5.03. The first-order valence-corrected chi connectivity index (χ1v) is 9.14. The molecule has 0 heterocycles. The smallest absolute Gasteiger partial charge is 0.282 e. The van der Waals surface area contributed by atoms with Gasteiger partial charge in [-0.2, -0.15) is 8.42 Å². The molecular weight excluding hydrogens is 320 g/mol. The first-order chi connectivity index (χ1) is 11.4. The molecule has 0 aliphatic carbocycles. The minimum absolute atomic E-state index is 0.0385. The molecule has 4 heteroatoms. The Balaban J connectivity index is 2.40. The van der Waals surface area contributed by atoms with Crippen molar-refractivity contribution in [3.05, 3.63) is 65.7 Å². The SMILES string of the molecule is Cc1c2ccccc2c(C)c2c1cc(S(=O)(=O)O)c1ccccc12. The van der Waals surface area contributed by atoms with E-state index in [-0.39, 0.29) is 4.90 Å². The molecule has 120 valence electrons. The van der Waals surface area contributed by atoms with E-state index in [4.69, 9.17) is 0 Å². The Labute approximate surface area is 140 Å². The van der Waals surface area contributed by atoms with Crippen LogP contribution in [0.2, 0.25) is 0 Å². The van der Waals surface area contributed by atoms with Gasteiger partial charge in [0.15, 0.2) is 0 Å². The summed E-state index contributed by atoms with van der Waals surface area (Å²) in [6.45, 7) is 4.05. The zero-order chi connectivity index (χ0) is 17.1. The standard InChI is InChI=1S/C20H16O3S/c1-12-14-7-3-4-8-15(14)13(2)20-17-10-6-5-9-16(17)19(11-18(12)20)24(21,22)23/h3-11H,1-2H3,(H,21,22,23). The van der Waals surface area contributed by atoms with E-state index in [9.17, 15) is 13.0 Å². The number of aryl methyl sites for hydroxylation is 2. The van der Waals surface area contributed by atoms with E-state index in [0.717, 1.165) is 38.1 Å². The topological polar surface area (TPSA) is 54.4 Å². The summed E-state index contributed by atoms with van der Waals surface area (Å²) in [5, 5.41) is 5.54. The van der Waals surface area contributed by atoms with Gasteiger partial charge in [-0.3, -0.25) is 4.55 Å². The molecule has 3 nitrogen and oxygen atoms in total. The van der Waals surface area contributed by atoms with Crippen LogP contribution in [0.1, 0.15) is 11.1 Å². The number of fused-ring (bicyclic) bond motifs is 4. The fraction of sp³-hybridized carbons (Fsp3) is 0.100. The lowest BCUT2D eigenvalue weighted by Gasteiger charge is -2.16. The molecule has 4 aromatic rings. The van der Waals surface area contributed by atoms with E-state index in [1.165, 1.54) is 0 Å². The van der Waals surface area contributed by atoms with Crippen LogP contribution in [0.15, 0.2) is 59.5 Å². The summed E-state index contributed by atoms with van der Waals surface area (Å²) >= 11 is 0. The zero-order valence-corrected chi connectivity index (χ0v) is 14.2. The van der Waals surface area contributed by atoms with E-state index >= 15 is 0 Å². The Morgan fingerprint density at radius 3 is 1.79 bits per heavy atom. The summed E-state index contributed by atoms with van der Waals surface area (Å²) in [5.74, 6) is 0. The van der Waals surface area contributed by atoms with Crippen molar-refractivity contribution in [3.63, 3.8) is 0 Å². The first kappa shape index (κ1) is 15.1. The van der Waals surface area contributed by atoms with Crippen LogP contribution in [0.25, 0.3) is 32.3 Å². The second-order valence-corrected chi connectivity index (χ2v) is 7.50. The second-order valence-electron chi connectivity index (χ2n) is 6.11. The largest absolute Gasteiger partial charge is 0.295 e. The van der Waals surface area contributed by atoms with Gasteiger partial charge >= 0.3 is 0 Å². The third-order valence-corrected chi connectivity index (χ3v) is 5.69. The van der Waals surface area contributed by atoms with Gasteiger partial charge in [-0.25, -0.2) is 0 Å². The third-order valence-electron chi connectivity index (χ3n) is 4.80. The molecule has 24 heavy (non-hydrogen) atoms. The average molecular weight is 336 g/mol. The van der Waals surface area contributed by atoms with Crippen molar-refractivity contribution in [2.24, 2.45) is 0 Å². The Kier molecular flexibility index (Phi) is 3.17. The molecule has 0 aliphatic rings. The number of hydrogen-bond acceptors (Lipinski definition) is 2. The summed E-state index contributed by atoms with van der Waals surface area (Å²) in [4.78, 5) is -0.0385. The first-order valence-electron chi connectivity index (χ1n) is 7.70. The molecular formula is C20H16O3S. The molecule has 0 amide bonds. The van der Waals surface area contributed by atoms with E-state index < -0.39 is 10.1 Å². The van der Waals surface area contributed by atoms with E-state index in [2.05, 4.69) is 13.0 Å². The summed E-state index contributed by atoms with van der Waals surface area (Å²) in [6, 6.07) is 17.0. The van der Waals surface area contributed by atoms with Gasteiger partial charge in [-0.1, -0.05) is 48.5 Å². The highest BCUT2D eigenvalue weighted by atomic mass is 32.2. The van der Waals surface area contributed by atoms with E-state index in [0.29, 0.717) is 5.39 Å². The summed E-state index contributed by atoms with van der Waals surface area (Å²) < 4.78 is 33.5. The van der Waals surface area contributed by atoms with Crippen LogP contribution >= 0.6 is 0 Å². The minimum atomic E-state index is -4.30. The lowest BCUT2D eigenvalue weighted by atomic mass is 9.90. The van der Waals surface area contributed by atoms with Gasteiger partial charge in [-0.05, 0) is 58.0 Å². The highest BCUT2D eigenvalue weighted by Crippen LogP contribution is 2.38. The lowest BCUT2D eigenvalue weighted by Crippen LogP contribution is -2.01. The van der Waals surface area contributed by atoms with E-state index in [1.54, 1.807) is 18.2 Å². The molecule has 0 saturated heterocycles. The minimum Gasteiger partial charge on any atom is -0.282 e. The maximum absolute atomic E-state index is 11.9.